The van der Waals surface area contributed by atoms with E-state index in [1.807, 2.05) is 0 Å². The molecule has 5 atom stereocenters. The normalized spacial score (nSPS) is 27.7. The van der Waals surface area contributed by atoms with Gasteiger partial charge < -0.3 is 35.4 Å². The Balaban J connectivity index is 2.39. The van der Waals surface area contributed by atoms with Crippen LogP contribution >= 0.6 is 11.8 Å². The molecule has 0 aromatic rings. The van der Waals surface area contributed by atoms with E-state index in [1.54, 1.807) is 0 Å². The van der Waals surface area contributed by atoms with Crippen LogP contribution in [0.2, 0.25) is 0 Å². The Morgan fingerprint density at radius 2 is 1.85 bits per heavy atom. The van der Waals surface area contributed by atoms with Gasteiger partial charge in [-0.05, 0) is 0 Å². The van der Waals surface area contributed by atoms with Gasteiger partial charge in [-0.1, -0.05) is 0 Å². The number of aliphatic hydroxyl groups excluding tert-OH is 3. The molecule has 1 saturated heterocycles. The van der Waals surface area contributed by atoms with Crippen molar-refractivity contribution in [3.05, 3.63) is 0 Å². The number of nitrogens with one attached hydrogen (secondary N) is 4. The van der Waals surface area contributed by atoms with E-state index in [-0.39, 0.29) is 30.2 Å². The van der Waals surface area contributed by atoms with Gasteiger partial charge >= 0.3 is 0 Å². The van der Waals surface area contributed by atoms with Crippen LogP contribution in [0, 0.1) is 0 Å². The molecule has 12 nitrogen and oxygen atoms in total. The summed E-state index contributed by atoms with van der Waals surface area (Å²) in [6, 6.07) is -1.03. The average Bonchev–Trinajstić information content (AvgIpc) is 2.60. The Bertz CT molecular complexity index is 512. The van der Waals surface area contributed by atoms with Gasteiger partial charge in [0.2, 0.25) is 17.7 Å². The summed E-state index contributed by atoms with van der Waals surface area (Å²) in [5.74, 6) is -1.01. The molecule has 7 N–H and O–H groups in total. The lowest BCUT2D eigenvalue weighted by Gasteiger charge is -2.42. The van der Waals surface area contributed by atoms with Gasteiger partial charge in [-0.2, -0.15) is 0 Å². The van der Waals surface area contributed by atoms with Gasteiger partial charge in [-0.25, -0.2) is 5.43 Å². The van der Waals surface area contributed by atoms with Crippen molar-refractivity contribution in [1.82, 2.24) is 21.5 Å². The predicted molar refractivity (Wildman–Crippen MR) is 93.7 cm³/mol. The van der Waals surface area contributed by atoms with Crippen molar-refractivity contribution in [2.45, 2.75) is 44.5 Å². The van der Waals surface area contributed by atoms with Gasteiger partial charge in [0.15, 0.2) is 6.29 Å². The maximum atomic E-state index is 11.6. The standard InChI is InChI=1S/C14H26N4O8S/c1-7(20)17-11-13(24)12(23)9(3-19)26-14(11)25-6-27-4-10(22)15-5-16-18-8(2)21/h9,11-14,16,19,23-24H,3-6H2,1-2H3,(H,15,22)(H,17,20)(H,18,21). The maximum absolute atomic E-state index is 11.6. The van der Waals surface area contributed by atoms with E-state index in [2.05, 4.69) is 21.5 Å². The van der Waals surface area contributed by atoms with Crippen LogP contribution in [0.15, 0.2) is 0 Å². The summed E-state index contributed by atoms with van der Waals surface area (Å²) in [6.45, 7) is 2.07. The number of hydrogen-bond donors (Lipinski definition) is 7. The molecule has 5 unspecified atom stereocenters. The smallest absolute Gasteiger partial charge is 0.231 e. The van der Waals surface area contributed by atoms with Crippen LogP contribution in [0.4, 0.5) is 0 Å². The molecule has 1 aliphatic heterocycles. The van der Waals surface area contributed by atoms with Gasteiger partial charge in [0, 0.05) is 13.8 Å². The monoisotopic (exact) mass is 410 g/mol. The molecule has 0 radical (unpaired) electrons. The Morgan fingerprint density at radius 1 is 1.15 bits per heavy atom. The van der Waals surface area contributed by atoms with Gasteiger partial charge in [0.25, 0.3) is 0 Å². The number of rotatable bonds is 10. The molecule has 0 aromatic carbocycles. The van der Waals surface area contributed by atoms with Gasteiger partial charge in [-0.3, -0.25) is 19.8 Å². The van der Waals surface area contributed by atoms with Crippen LogP contribution in [0.1, 0.15) is 13.8 Å². The zero-order valence-electron chi connectivity index (χ0n) is 15.0. The molecular weight excluding hydrogens is 384 g/mol. The maximum Gasteiger partial charge on any atom is 0.231 e. The summed E-state index contributed by atoms with van der Waals surface area (Å²) in [7, 11) is 0. The van der Waals surface area contributed by atoms with Crippen molar-refractivity contribution in [2.75, 3.05) is 25.0 Å². The minimum atomic E-state index is -1.39. The van der Waals surface area contributed by atoms with Crippen LogP contribution in [0.3, 0.4) is 0 Å². The average molecular weight is 410 g/mol. The molecule has 0 aliphatic carbocycles. The number of ether oxygens (including phenoxy) is 2. The third-order valence-corrected chi connectivity index (χ3v) is 4.21. The molecule has 3 amide bonds. The summed E-state index contributed by atoms with van der Waals surface area (Å²) in [5.41, 5.74) is 4.79. The Labute approximate surface area is 160 Å². The van der Waals surface area contributed by atoms with Crippen LogP contribution in [-0.2, 0) is 23.9 Å². The van der Waals surface area contributed by atoms with Gasteiger partial charge in [0.05, 0.1) is 25.0 Å². The molecule has 27 heavy (non-hydrogen) atoms. The highest BCUT2D eigenvalue weighted by molar-refractivity contribution is 7.99. The number of amides is 3. The first kappa shape index (κ1) is 23.6. The van der Waals surface area contributed by atoms with Gasteiger partial charge in [-0.15, -0.1) is 11.8 Å². The van der Waals surface area contributed by atoms with E-state index < -0.39 is 43.2 Å². The first-order valence-electron chi connectivity index (χ1n) is 8.11. The molecule has 13 heteroatoms. The number of carbonyl (C=O) groups excluding carboxylic acids is 3. The molecule has 1 fully saturated rings. The van der Waals surface area contributed by atoms with Crippen LogP contribution in [-0.4, -0.2) is 88.7 Å². The third-order valence-electron chi connectivity index (χ3n) is 3.44. The second-order valence-corrected chi connectivity index (χ2v) is 6.63. The van der Waals surface area contributed by atoms with Crippen molar-refractivity contribution in [3.63, 3.8) is 0 Å². The molecule has 0 saturated carbocycles. The Morgan fingerprint density at radius 3 is 2.44 bits per heavy atom. The number of thioether (sulfide) groups is 1. The second kappa shape index (κ2) is 12.1. The molecule has 0 spiro atoms. The molecule has 0 aromatic heterocycles. The number of aliphatic hydroxyl groups is 3. The predicted octanol–water partition coefficient (Wildman–Crippen LogP) is -3.65. The zero-order chi connectivity index (χ0) is 20.4. The van der Waals surface area contributed by atoms with Crippen LogP contribution < -0.4 is 21.5 Å². The lowest BCUT2D eigenvalue weighted by atomic mass is 9.97. The van der Waals surface area contributed by atoms with Crippen molar-refractivity contribution >= 4 is 29.5 Å². The topological polar surface area (TPSA) is 178 Å². The zero-order valence-corrected chi connectivity index (χ0v) is 15.8. The van der Waals surface area contributed by atoms with E-state index in [1.165, 1.54) is 13.8 Å². The lowest BCUT2D eigenvalue weighted by molar-refractivity contribution is -0.264. The van der Waals surface area contributed by atoms with Crippen molar-refractivity contribution in [3.8, 4) is 0 Å². The first-order chi connectivity index (χ1) is 12.8. The number of carbonyl (C=O) groups is 3. The SMILES string of the molecule is CC(=O)NNCNC(=O)CSCOC1OC(CO)C(O)C(O)C1NC(C)=O. The fraction of sp³-hybridized carbons (Fsp3) is 0.786. The third kappa shape index (κ3) is 8.38. The molecular formula is C14H26N4O8S. The first-order valence-corrected chi connectivity index (χ1v) is 9.26. The van der Waals surface area contributed by atoms with Crippen molar-refractivity contribution in [1.29, 1.82) is 0 Å². The van der Waals surface area contributed by atoms with Gasteiger partial charge in [0.1, 0.15) is 24.4 Å². The molecule has 156 valence electrons. The number of hydrogen-bond acceptors (Lipinski definition) is 10. The Hall–Kier alpha value is -1.48. The highest BCUT2D eigenvalue weighted by Crippen LogP contribution is 2.23. The molecule has 0 bridgehead atoms. The molecule has 1 heterocycles. The van der Waals surface area contributed by atoms with Crippen LogP contribution in [0.25, 0.3) is 0 Å². The lowest BCUT2D eigenvalue weighted by Crippen LogP contribution is -2.64. The molecule has 1 aliphatic rings. The Kier molecular flexibility index (Phi) is 10.5. The summed E-state index contributed by atoms with van der Waals surface area (Å²) < 4.78 is 10.8. The minimum absolute atomic E-state index is 0.00569. The number of hydrazine groups is 1. The summed E-state index contributed by atoms with van der Waals surface area (Å²) in [5, 5.41) is 34.2. The van der Waals surface area contributed by atoms with E-state index in [9.17, 15) is 29.7 Å². The van der Waals surface area contributed by atoms with E-state index >= 15 is 0 Å². The molecule has 1 rings (SSSR count). The fourth-order valence-electron chi connectivity index (χ4n) is 2.22. The second-order valence-electron chi connectivity index (χ2n) is 5.70. The van der Waals surface area contributed by atoms with Crippen molar-refractivity contribution < 1.29 is 39.2 Å². The minimum Gasteiger partial charge on any atom is -0.394 e. The van der Waals surface area contributed by atoms with E-state index in [0.717, 1.165) is 11.8 Å². The fourth-order valence-corrected chi connectivity index (χ4v) is 2.83. The van der Waals surface area contributed by atoms with Crippen molar-refractivity contribution in [2.24, 2.45) is 0 Å². The summed E-state index contributed by atoms with van der Waals surface area (Å²) in [6.07, 6.45) is -4.95. The largest absolute Gasteiger partial charge is 0.394 e. The van der Waals surface area contributed by atoms with E-state index in [0.29, 0.717) is 0 Å². The highest BCUT2D eigenvalue weighted by Gasteiger charge is 2.45. The summed E-state index contributed by atoms with van der Waals surface area (Å²) >= 11 is 1.10. The van der Waals surface area contributed by atoms with Crippen LogP contribution in [0.5, 0.6) is 0 Å². The summed E-state index contributed by atoms with van der Waals surface area (Å²) in [4.78, 5) is 33.5. The van der Waals surface area contributed by atoms with E-state index in [4.69, 9.17) is 9.47 Å². The highest BCUT2D eigenvalue weighted by atomic mass is 32.2. The quantitative estimate of drug-likeness (QED) is 0.108.